The van der Waals surface area contributed by atoms with Crippen LogP contribution in [0.15, 0.2) is 71.3 Å². The van der Waals surface area contributed by atoms with Gasteiger partial charge >= 0.3 is 0 Å². The lowest BCUT2D eigenvalue weighted by Gasteiger charge is -2.24. The number of hydrogen-bond acceptors (Lipinski definition) is 2. The van der Waals surface area contributed by atoms with E-state index in [0.717, 1.165) is 17.7 Å². The first kappa shape index (κ1) is 18.9. The molecule has 27 heavy (non-hydrogen) atoms. The van der Waals surface area contributed by atoms with Crippen LogP contribution in [-0.2, 0) is 11.3 Å². The second-order valence-corrected chi connectivity index (χ2v) is 6.83. The number of carbonyl (C=O) groups excluding carboxylic acids is 1. The van der Waals surface area contributed by atoms with Crippen LogP contribution in [0.25, 0.3) is 0 Å². The molecule has 0 bridgehead atoms. The van der Waals surface area contributed by atoms with Crippen molar-refractivity contribution in [1.82, 2.24) is 4.90 Å². The van der Waals surface area contributed by atoms with Gasteiger partial charge in [-0.2, -0.15) is 0 Å². The Morgan fingerprint density at radius 1 is 1.07 bits per heavy atom. The molecule has 1 aromatic heterocycles. The Morgan fingerprint density at radius 3 is 2.37 bits per heavy atom. The number of hydrogen-bond donors (Lipinski definition) is 0. The maximum absolute atomic E-state index is 13.1. The molecule has 1 heterocycles. The van der Waals surface area contributed by atoms with Gasteiger partial charge in [0.1, 0.15) is 11.6 Å². The van der Waals surface area contributed by atoms with E-state index in [1.54, 1.807) is 30.2 Å². The van der Waals surface area contributed by atoms with E-state index in [-0.39, 0.29) is 17.6 Å². The van der Waals surface area contributed by atoms with Gasteiger partial charge in [-0.25, -0.2) is 4.39 Å². The summed E-state index contributed by atoms with van der Waals surface area (Å²) in [7, 11) is 0. The van der Waals surface area contributed by atoms with Crippen LogP contribution in [-0.4, -0.2) is 17.4 Å². The first-order chi connectivity index (χ1) is 13.0. The third kappa shape index (κ3) is 5.07. The molecule has 1 amide bonds. The summed E-state index contributed by atoms with van der Waals surface area (Å²) in [5, 5.41) is 0. The molecule has 1 unspecified atom stereocenters. The Labute approximate surface area is 159 Å². The zero-order valence-electron chi connectivity index (χ0n) is 15.7. The lowest BCUT2D eigenvalue weighted by atomic mass is 9.92. The molecule has 4 heteroatoms. The van der Waals surface area contributed by atoms with Gasteiger partial charge in [0, 0.05) is 25.9 Å². The first-order valence-electron chi connectivity index (χ1n) is 9.13. The van der Waals surface area contributed by atoms with Crippen molar-refractivity contribution in [3.05, 3.63) is 95.2 Å². The molecule has 0 radical (unpaired) electrons. The molecule has 3 aromatic rings. The smallest absolute Gasteiger partial charge is 0.219 e. The molecule has 0 spiro atoms. The van der Waals surface area contributed by atoms with Crippen LogP contribution in [0.4, 0.5) is 4.39 Å². The van der Waals surface area contributed by atoms with Crippen molar-refractivity contribution in [2.75, 3.05) is 6.54 Å². The fourth-order valence-corrected chi connectivity index (χ4v) is 3.20. The Bertz CT molecular complexity index is 854. The van der Waals surface area contributed by atoms with E-state index in [0.29, 0.717) is 13.1 Å². The third-order valence-electron chi connectivity index (χ3n) is 4.79. The number of benzene rings is 2. The second-order valence-electron chi connectivity index (χ2n) is 6.83. The zero-order valence-corrected chi connectivity index (χ0v) is 15.7. The van der Waals surface area contributed by atoms with Gasteiger partial charge in [0.15, 0.2) is 0 Å². The molecule has 1 atom stereocenters. The lowest BCUT2D eigenvalue weighted by Crippen LogP contribution is -2.30. The predicted octanol–water partition coefficient (Wildman–Crippen LogP) is 5.30. The molecule has 0 fully saturated rings. The number of aryl methyl sites for hydroxylation is 1. The minimum absolute atomic E-state index is 0.00132. The van der Waals surface area contributed by atoms with Gasteiger partial charge in [-0.1, -0.05) is 42.0 Å². The molecule has 0 aliphatic heterocycles. The fraction of sp³-hybridized carbons (Fsp3) is 0.261. The largest absolute Gasteiger partial charge is 0.469 e. The van der Waals surface area contributed by atoms with Crippen molar-refractivity contribution in [1.29, 1.82) is 0 Å². The predicted molar refractivity (Wildman–Crippen MR) is 104 cm³/mol. The van der Waals surface area contributed by atoms with E-state index in [2.05, 4.69) is 31.2 Å². The van der Waals surface area contributed by atoms with E-state index in [4.69, 9.17) is 4.42 Å². The van der Waals surface area contributed by atoms with Crippen molar-refractivity contribution in [2.45, 2.75) is 32.7 Å². The lowest BCUT2D eigenvalue weighted by molar-refractivity contribution is -0.129. The van der Waals surface area contributed by atoms with Gasteiger partial charge in [-0.15, -0.1) is 0 Å². The van der Waals surface area contributed by atoms with Crippen molar-refractivity contribution in [2.24, 2.45) is 0 Å². The highest BCUT2D eigenvalue weighted by Crippen LogP contribution is 2.29. The molecule has 0 saturated carbocycles. The molecule has 140 valence electrons. The summed E-state index contributed by atoms with van der Waals surface area (Å²) < 4.78 is 18.8. The normalized spacial score (nSPS) is 12.0. The van der Waals surface area contributed by atoms with Crippen molar-refractivity contribution >= 4 is 5.91 Å². The summed E-state index contributed by atoms with van der Waals surface area (Å²) in [4.78, 5) is 13.9. The molecule has 3 nitrogen and oxygen atoms in total. The average molecular weight is 365 g/mol. The van der Waals surface area contributed by atoms with Crippen LogP contribution in [0.3, 0.4) is 0 Å². The molecule has 0 aliphatic rings. The minimum Gasteiger partial charge on any atom is -0.469 e. The van der Waals surface area contributed by atoms with Gasteiger partial charge in [-0.3, -0.25) is 4.79 Å². The molecular weight excluding hydrogens is 341 g/mol. The highest BCUT2D eigenvalue weighted by molar-refractivity contribution is 5.73. The van der Waals surface area contributed by atoms with E-state index in [1.165, 1.54) is 23.3 Å². The summed E-state index contributed by atoms with van der Waals surface area (Å²) in [5.41, 5.74) is 3.29. The van der Waals surface area contributed by atoms with Gasteiger partial charge in [0.05, 0.1) is 6.26 Å². The number of amides is 1. The topological polar surface area (TPSA) is 33.5 Å². The highest BCUT2D eigenvalue weighted by Gasteiger charge is 2.19. The second kappa shape index (κ2) is 8.67. The number of halogens is 1. The molecule has 0 N–H and O–H groups in total. The Balaban J connectivity index is 1.75. The summed E-state index contributed by atoms with van der Waals surface area (Å²) in [6, 6.07) is 18.5. The van der Waals surface area contributed by atoms with E-state index >= 15 is 0 Å². The van der Waals surface area contributed by atoms with Crippen molar-refractivity contribution in [3.63, 3.8) is 0 Å². The fourth-order valence-electron chi connectivity index (χ4n) is 3.20. The van der Waals surface area contributed by atoms with Crippen molar-refractivity contribution in [3.8, 4) is 0 Å². The number of nitrogens with zero attached hydrogens (tertiary/aromatic N) is 1. The monoisotopic (exact) mass is 365 g/mol. The standard InChI is InChI=1S/C23H24FNO2/c1-17-5-9-20(10-6-17)22(23-4-3-15-27-23)13-14-25(18(2)26)16-19-7-11-21(24)12-8-19/h3-12,15,22H,13-14,16H2,1-2H3. The number of carbonyl (C=O) groups is 1. The van der Waals surface area contributed by atoms with Gasteiger partial charge < -0.3 is 9.32 Å². The Kier molecular flexibility index (Phi) is 6.07. The molecular formula is C23H24FNO2. The van der Waals surface area contributed by atoms with Crippen molar-refractivity contribution < 1.29 is 13.6 Å². The van der Waals surface area contributed by atoms with Gasteiger partial charge in [-0.05, 0) is 48.7 Å². The SMILES string of the molecule is CC(=O)N(CCC(c1ccc(C)cc1)c1ccco1)Cc1ccc(F)cc1. The molecule has 0 aliphatic carbocycles. The molecule has 0 saturated heterocycles. The van der Waals surface area contributed by atoms with Gasteiger partial charge in [0.2, 0.25) is 5.91 Å². The average Bonchev–Trinajstić information content (AvgIpc) is 3.18. The van der Waals surface area contributed by atoms with Gasteiger partial charge in [0.25, 0.3) is 0 Å². The minimum atomic E-state index is -0.273. The Morgan fingerprint density at radius 2 is 1.78 bits per heavy atom. The van der Waals surface area contributed by atoms with Crippen LogP contribution in [0.1, 0.15) is 41.7 Å². The summed E-state index contributed by atoms with van der Waals surface area (Å²) in [6.07, 6.45) is 2.43. The maximum Gasteiger partial charge on any atom is 0.219 e. The Hall–Kier alpha value is -2.88. The molecule has 2 aromatic carbocycles. The van der Waals surface area contributed by atoms with Crippen LogP contribution in [0.2, 0.25) is 0 Å². The zero-order chi connectivity index (χ0) is 19.2. The maximum atomic E-state index is 13.1. The number of furan rings is 1. The van der Waals surface area contributed by atoms with Crippen LogP contribution >= 0.6 is 0 Å². The summed E-state index contributed by atoms with van der Waals surface area (Å²) in [6.45, 7) is 4.68. The highest BCUT2D eigenvalue weighted by atomic mass is 19.1. The van der Waals surface area contributed by atoms with Crippen LogP contribution < -0.4 is 0 Å². The van der Waals surface area contributed by atoms with E-state index < -0.39 is 0 Å². The summed E-state index contributed by atoms with van der Waals surface area (Å²) >= 11 is 0. The van der Waals surface area contributed by atoms with Crippen LogP contribution in [0.5, 0.6) is 0 Å². The van der Waals surface area contributed by atoms with Crippen LogP contribution in [0, 0.1) is 12.7 Å². The van der Waals surface area contributed by atoms with E-state index in [1.807, 2.05) is 12.1 Å². The summed E-state index contributed by atoms with van der Waals surface area (Å²) in [5.74, 6) is 0.701. The van der Waals surface area contributed by atoms with E-state index in [9.17, 15) is 9.18 Å². The molecule has 3 rings (SSSR count). The quantitative estimate of drug-likeness (QED) is 0.569. The first-order valence-corrected chi connectivity index (χ1v) is 9.13. The third-order valence-corrected chi connectivity index (χ3v) is 4.79. The number of rotatable bonds is 7.